The number of hydrogen-bond donors (Lipinski definition) is 0. The first-order valence-electron chi connectivity index (χ1n) is 8.62. The molecular weight excluding hydrogens is 378 g/mol. The van der Waals surface area contributed by atoms with E-state index in [0.717, 1.165) is 5.56 Å². The van der Waals surface area contributed by atoms with Gasteiger partial charge in [0.15, 0.2) is 0 Å². The second-order valence-electron chi connectivity index (χ2n) is 6.02. The van der Waals surface area contributed by atoms with Gasteiger partial charge in [0.2, 0.25) is 5.16 Å². The van der Waals surface area contributed by atoms with Gasteiger partial charge in [0.05, 0.1) is 12.3 Å². The van der Waals surface area contributed by atoms with Gasteiger partial charge >= 0.3 is 5.97 Å². The largest absolute Gasteiger partial charge is 0.462 e. The standard InChI is InChI=1S/C19H17N5O3S/c1-4-27-17(26)13-10-12-14(11-8-6-5-7-9-11)24-18(21-19(22-24)28-3)20-15(12)23(2)16(13)25/h5-10H,4H2,1-3H3. The number of carbonyl (C=O) groups is 1. The van der Waals surface area contributed by atoms with Crippen LogP contribution in [0.4, 0.5) is 0 Å². The minimum absolute atomic E-state index is 0.0413. The third-order valence-corrected chi connectivity index (χ3v) is 4.89. The van der Waals surface area contributed by atoms with Crippen LogP contribution >= 0.6 is 11.8 Å². The van der Waals surface area contributed by atoms with Gasteiger partial charge in [-0.05, 0) is 19.2 Å². The van der Waals surface area contributed by atoms with Crippen molar-refractivity contribution in [3.63, 3.8) is 0 Å². The summed E-state index contributed by atoms with van der Waals surface area (Å²) >= 11 is 1.40. The van der Waals surface area contributed by atoms with Crippen LogP contribution in [0.5, 0.6) is 0 Å². The summed E-state index contributed by atoms with van der Waals surface area (Å²) in [6.45, 7) is 1.88. The van der Waals surface area contributed by atoms with Crippen molar-refractivity contribution in [2.24, 2.45) is 7.05 Å². The Morgan fingerprint density at radius 1 is 1.21 bits per heavy atom. The van der Waals surface area contributed by atoms with Crippen molar-refractivity contribution >= 4 is 34.5 Å². The van der Waals surface area contributed by atoms with Gasteiger partial charge in [-0.2, -0.15) is 14.5 Å². The molecule has 0 N–H and O–H groups in total. The Balaban J connectivity index is 2.17. The van der Waals surface area contributed by atoms with Gasteiger partial charge < -0.3 is 4.74 Å². The Bertz CT molecular complexity index is 1260. The first kappa shape index (κ1) is 18.2. The zero-order chi connectivity index (χ0) is 19.8. The van der Waals surface area contributed by atoms with Crippen LogP contribution < -0.4 is 5.56 Å². The van der Waals surface area contributed by atoms with Crippen LogP contribution in [-0.4, -0.2) is 43.0 Å². The van der Waals surface area contributed by atoms with E-state index in [1.54, 1.807) is 18.5 Å². The van der Waals surface area contributed by atoms with Gasteiger partial charge in [0.1, 0.15) is 11.2 Å². The lowest BCUT2D eigenvalue weighted by Crippen LogP contribution is -2.26. The minimum atomic E-state index is -0.660. The van der Waals surface area contributed by atoms with E-state index < -0.39 is 11.5 Å². The Labute approximate surface area is 164 Å². The van der Waals surface area contributed by atoms with E-state index in [9.17, 15) is 9.59 Å². The van der Waals surface area contributed by atoms with Crippen molar-refractivity contribution in [2.75, 3.05) is 12.9 Å². The summed E-state index contributed by atoms with van der Waals surface area (Å²) in [4.78, 5) is 34.0. The van der Waals surface area contributed by atoms with Crippen LogP contribution in [-0.2, 0) is 11.8 Å². The zero-order valence-corrected chi connectivity index (χ0v) is 16.4. The summed E-state index contributed by atoms with van der Waals surface area (Å²) in [5.41, 5.74) is 1.48. The molecule has 3 heterocycles. The molecule has 1 aromatic carbocycles. The predicted octanol–water partition coefficient (Wildman–Crippen LogP) is 2.54. The molecule has 0 atom stereocenters. The molecule has 0 saturated carbocycles. The molecule has 8 nitrogen and oxygen atoms in total. The Hall–Kier alpha value is -3.20. The third kappa shape index (κ3) is 2.84. The molecule has 0 aliphatic heterocycles. The maximum atomic E-state index is 12.7. The molecule has 0 amide bonds. The van der Waals surface area contributed by atoms with Gasteiger partial charge in [-0.1, -0.05) is 42.1 Å². The molecule has 4 aromatic rings. The fourth-order valence-corrected chi connectivity index (χ4v) is 3.41. The number of benzene rings is 1. The number of hydrogen-bond acceptors (Lipinski definition) is 7. The average Bonchev–Trinajstić information content (AvgIpc) is 3.13. The lowest BCUT2D eigenvalue weighted by atomic mass is 10.1. The fraction of sp³-hybridized carbons (Fsp3) is 0.211. The van der Waals surface area contributed by atoms with Crippen molar-refractivity contribution in [3.8, 4) is 11.3 Å². The van der Waals surface area contributed by atoms with Crippen LogP contribution in [0.3, 0.4) is 0 Å². The lowest BCUT2D eigenvalue weighted by Gasteiger charge is -2.12. The molecule has 0 aliphatic carbocycles. The highest BCUT2D eigenvalue weighted by Crippen LogP contribution is 2.29. The van der Waals surface area contributed by atoms with E-state index in [4.69, 9.17) is 4.74 Å². The number of pyridine rings is 1. The van der Waals surface area contributed by atoms with E-state index >= 15 is 0 Å². The summed E-state index contributed by atoms with van der Waals surface area (Å²) in [5, 5.41) is 5.70. The molecule has 0 unspecified atom stereocenters. The van der Waals surface area contributed by atoms with Gasteiger partial charge in [0.25, 0.3) is 11.3 Å². The Morgan fingerprint density at radius 2 is 1.96 bits per heavy atom. The average molecular weight is 395 g/mol. The number of rotatable bonds is 4. The molecule has 9 heteroatoms. The summed E-state index contributed by atoms with van der Waals surface area (Å²) in [6, 6.07) is 11.1. The molecule has 142 valence electrons. The number of thioether (sulfide) groups is 1. The molecule has 0 spiro atoms. The highest BCUT2D eigenvalue weighted by molar-refractivity contribution is 7.98. The number of nitrogens with zero attached hydrogens (tertiary/aromatic N) is 5. The number of fused-ring (bicyclic) bond motifs is 2. The highest BCUT2D eigenvalue weighted by Gasteiger charge is 2.21. The molecule has 0 saturated heterocycles. The normalized spacial score (nSPS) is 11.2. The Kier molecular flexibility index (Phi) is 4.60. The predicted molar refractivity (Wildman–Crippen MR) is 107 cm³/mol. The van der Waals surface area contributed by atoms with E-state index in [1.165, 1.54) is 22.4 Å². The molecule has 4 rings (SSSR count). The number of aromatic nitrogens is 5. The summed E-state index contributed by atoms with van der Waals surface area (Å²) in [5.74, 6) is -0.276. The first-order chi connectivity index (χ1) is 13.5. The van der Waals surface area contributed by atoms with Crippen molar-refractivity contribution in [1.29, 1.82) is 0 Å². The van der Waals surface area contributed by atoms with Crippen LogP contribution in [0.25, 0.3) is 28.1 Å². The minimum Gasteiger partial charge on any atom is -0.462 e. The molecule has 0 aliphatic rings. The van der Waals surface area contributed by atoms with Gasteiger partial charge in [0, 0.05) is 18.0 Å². The molecule has 0 fully saturated rings. The molecule has 0 bridgehead atoms. The first-order valence-corrected chi connectivity index (χ1v) is 9.84. The van der Waals surface area contributed by atoms with Crippen LogP contribution in [0.2, 0.25) is 0 Å². The quantitative estimate of drug-likeness (QED) is 0.387. The SMILES string of the molecule is CCOC(=O)c1cc2c(-c3ccccc3)n3nc(SC)nc3nc2n(C)c1=O. The van der Waals surface area contributed by atoms with Gasteiger partial charge in [-0.15, -0.1) is 5.10 Å². The second kappa shape index (κ2) is 7.08. The number of aryl methyl sites for hydroxylation is 1. The second-order valence-corrected chi connectivity index (χ2v) is 6.79. The number of ether oxygens (including phenoxy) is 1. The highest BCUT2D eigenvalue weighted by atomic mass is 32.2. The van der Waals surface area contributed by atoms with E-state index in [0.29, 0.717) is 27.7 Å². The topological polar surface area (TPSA) is 91.4 Å². The van der Waals surface area contributed by atoms with Crippen LogP contribution in [0, 0.1) is 0 Å². The zero-order valence-electron chi connectivity index (χ0n) is 15.5. The maximum Gasteiger partial charge on any atom is 0.343 e. The van der Waals surface area contributed by atoms with Crippen molar-refractivity contribution in [1.82, 2.24) is 24.1 Å². The van der Waals surface area contributed by atoms with Crippen LogP contribution in [0.15, 0.2) is 46.3 Å². The van der Waals surface area contributed by atoms with E-state index in [-0.39, 0.29) is 12.2 Å². The monoisotopic (exact) mass is 395 g/mol. The maximum absolute atomic E-state index is 12.7. The van der Waals surface area contributed by atoms with Crippen LogP contribution in [0.1, 0.15) is 17.3 Å². The Morgan fingerprint density at radius 3 is 2.64 bits per heavy atom. The number of carbonyl (C=O) groups excluding carboxylic acids is 1. The molecule has 3 aromatic heterocycles. The molecule has 28 heavy (non-hydrogen) atoms. The summed E-state index contributed by atoms with van der Waals surface area (Å²) in [7, 11) is 1.58. The van der Waals surface area contributed by atoms with Crippen molar-refractivity contribution in [2.45, 2.75) is 12.1 Å². The van der Waals surface area contributed by atoms with Gasteiger partial charge in [-0.25, -0.2) is 4.79 Å². The molecule has 0 radical (unpaired) electrons. The van der Waals surface area contributed by atoms with Crippen molar-refractivity contribution < 1.29 is 9.53 Å². The van der Waals surface area contributed by atoms with E-state index in [2.05, 4.69) is 15.1 Å². The number of esters is 1. The third-order valence-electron chi connectivity index (χ3n) is 4.35. The fourth-order valence-electron chi connectivity index (χ4n) is 3.07. The molecular formula is C19H17N5O3S. The van der Waals surface area contributed by atoms with Gasteiger partial charge in [-0.3, -0.25) is 9.36 Å². The van der Waals surface area contributed by atoms with E-state index in [1.807, 2.05) is 36.6 Å². The van der Waals surface area contributed by atoms with Crippen molar-refractivity contribution in [3.05, 3.63) is 52.3 Å². The summed E-state index contributed by atoms with van der Waals surface area (Å²) < 4.78 is 8.05. The summed E-state index contributed by atoms with van der Waals surface area (Å²) in [6.07, 6.45) is 1.88. The lowest BCUT2D eigenvalue weighted by molar-refractivity contribution is 0.0524. The smallest absolute Gasteiger partial charge is 0.343 e.